The smallest absolute Gasteiger partial charge is 0.323 e. The molecular weight excluding hydrogens is 421 g/mol. The van der Waals surface area contributed by atoms with Gasteiger partial charge in [0.25, 0.3) is 0 Å². The molecule has 0 spiro atoms. The van der Waals surface area contributed by atoms with Gasteiger partial charge in [0.15, 0.2) is 0 Å². The van der Waals surface area contributed by atoms with Crippen molar-refractivity contribution >= 4 is 11.9 Å². The first-order valence-corrected chi connectivity index (χ1v) is 10.9. The minimum Gasteiger partial charge on any atom is -0.487 e. The molecule has 1 atom stereocenters. The molecule has 3 aromatic rings. The van der Waals surface area contributed by atoms with Gasteiger partial charge >= 0.3 is 5.97 Å². The highest BCUT2D eigenvalue weighted by Gasteiger charge is 2.35. The van der Waals surface area contributed by atoms with E-state index >= 15 is 0 Å². The van der Waals surface area contributed by atoms with Crippen molar-refractivity contribution in [3.8, 4) is 5.75 Å². The zero-order valence-electron chi connectivity index (χ0n) is 18.5. The molecule has 6 heteroatoms. The predicted octanol–water partition coefficient (Wildman–Crippen LogP) is 4.42. The molecule has 5 nitrogen and oxygen atoms in total. The fourth-order valence-corrected chi connectivity index (χ4v) is 4.31. The third kappa shape index (κ3) is 5.58. The number of carboxylic acids is 1. The lowest BCUT2D eigenvalue weighted by Crippen LogP contribution is -2.36. The Labute approximate surface area is 192 Å². The molecule has 3 aromatic carbocycles. The summed E-state index contributed by atoms with van der Waals surface area (Å²) in [5, 5.41) is 9.26. The topological polar surface area (TPSA) is 66.8 Å². The van der Waals surface area contributed by atoms with Gasteiger partial charge in [0, 0.05) is 19.4 Å². The highest BCUT2D eigenvalue weighted by atomic mass is 19.1. The Kier molecular flexibility index (Phi) is 6.45. The summed E-state index contributed by atoms with van der Waals surface area (Å²) in [5.41, 5.74) is 2.66. The Morgan fingerprint density at radius 3 is 2.48 bits per heavy atom. The molecule has 0 fully saturated rings. The standard InChI is InChI=1S/C27H26FNO4/c1-27(15-21-9-5-6-10-23(21)28)16-22-13-20(11-12-24(22)33-27)14-25(30)29(18-26(31)32)17-19-7-3-2-4-8-19/h2-13H,14-18H2,1H3,(H,31,32)/t27-/m0/s1. The van der Waals surface area contributed by atoms with Crippen molar-refractivity contribution in [1.29, 1.82) is 0 Å². The first-order valence-electron chi connectivity index (χ1n) is 10.9. The number of benzene rings is 3. The SMILES string of the molecule is C[C@]1(Cc2ccccc2F)Cc2cc(CC(=O)N(CC(=O)O)Cc3ccccc3)ccc2O1. The number of nitrogens with zero attached hydrogens (tertiary/aromatic N) is 1. The Morgan fingerprint density at radius 1 is 1.03 bits per heavy atom. The maximum atomic E-state index is 14.1. The number of ether oxygens (including phenoxy) is 1. The summed E-state index contributed by atoms with van der Waals surface area (Å²) in [6.07, 6.45) is 1.13. The van der Waals surface area contributed by atoms with Crippen LogP contribution in [0.15, 0.2) is 72.8 Å². The molecule has 0 radical (unpaired) electrons. The number of halogens is 1. The quantitative estimate of drug-likeness (QED) is 0.555. The fourth-order valence-electron chi connectivity index (χ4n) is 4.31. The van der Waals surface area contributed by atoms with Crippen molar-refractivity contribution in [1.82, 2.24) is 4.90 Å². The Morgan fingerprint density at radius 2 is 1.76 bits per heavy atom. The monoisotopic (exact) mass is 447 g/mol. The van der Waals surface area contributed by atoms with E-state index in [9.17, 15) is 19.1 Å². The van der Waals surface area contributed by atoms with E-state index < -0.39 is 11.6 Å². The number of fused-ring (bicyclic) bond motifs is 1. The van der Waals surface area contributed by atoms with E-state index in [0.29, 0.717) is 18.4 Å². The van der Waals surface area contributed by atoms with E-state index in [4.69, 9.17) is 4.74 Å². The summed E-state index contributed by atoms with van der Waals surface area (Å²) in [6, 6.07) is 21.6. The van der Waals surface area contributed by atoms with E-state index in [-0.39, 0.29) is 31.2 Å². The van der Waals surface area contributed by atoms with Crippen molar-refractivity contribution < 1.29 is 23.8 Å². The Hall–Kier alpha value is -3.67. The van der Waals surface area contributed by atoms with E-state index in [1.807, 2.05) is 61.5 Å². The van der Waals surface area contributed by atoms with E-state index in [1.165, 1.54) is 11.0 Å². The van der Waals surface area contributed by atoms with Crippen LogP contribution in [0.2, 0.25) is 0 Å². The maximum absolute atomic E-state index is 14.1. The molecule has 0 aliphatic carbocycles. The van der Waals surface area contributed by atoms with E-state index in [0.717, 1.165) is 22.4 Å². The molecule has 1 N–H and O–H groups in total. The average molecular weight is 448 g/mol. The maximum Gasteiger partial charge on any atom is 0.323 e. The molecule has 0 saturated carbocycles. The van der Waals surface area contributed by atoms with Crippen LogP contribution in [0.5, 0.6) is 5.75 Å². The van der Waals surface area contributed by atoms with Gasteiger partial charge in [-0.1, -0.05) is 60.7 Å². The molecular formula is C27H26FNO4. The fraction of sp³-hybridized carbons (Fsp3) is 0.259. The minimum atomic E-state index is -1.05. The molecule has 1 heterocycles. The van der Waals surface area contributed by atoms with Crippen molar-refractivity contribution in [2.75, 3.05) is 6.54 Å². The minimum absolute atomic E-state index is 0.0947. The lowest BCUT2D eigenvalue weighted by molar-refractivity contribution is -0.144. The molecule has 0 aromatic heterocycles. The molecule has 1 aliphatic rings. The number of aliphatic carboxylic acids is 1. The van der Waals surface area contributed by atoms with Crippen LogP contribution in [0.1, 0.15) is 29.2 Å². The highest BCUT2D eigenvalue weighted by molar-refractivity contribution is 5.83. The van der Waals surface area contributed by atoms with Gasteiger partial charge in [0.05, 0.1) is 6.42 Å². The lowest BCUT2D eigenvalue weighted by atomic mass is 9.91. The zero-order valence-corrected chi connectivity index (χ0v) is 18.5. The normalized spacial score (nSPS) is 16.7. The third-order valence-electron chi connectivity index (χ3n) is 5.82. The average Bonchev–Trinajstić information content (AvgIpc) is 3.10. The zero-order chi connectivity index (χ0) is 23.4. The van der Waals surface area contributed by atoms with Crippen molar-refractivity contribution in [2.45, 2.75) is 38.3 Å². The van der Waals surface area contributed by atoms with E-state index in [1.54, 1.807) is 12.1 Å². The first kappa shape index (κ1) is 22.5. The van der Waals surface area contributed by atoms with Crippen molar-refractivity contribution in [3.05, 3.63) is 101 Å². The molecule has 33 heavy (non-hydrogen) atoms. The summed E-state index contributed by atoms with van der Waals surface area (Å²) >= 11 is 0. The molecule has 4 rings (SSSR count). The van der Waals surface area contributed by atoms with Gasteiger partial charge in [-0.25, -0.2) is 4.39 Å². The summed E-state index contributed by atoms with van der Waals surface area (Å²) in [6.45, 7) is 1.84. The van der Waals surface area contributed by atoms with Crippen molar-refractivity contribution in [2.24, 2.45) is 0 Å². The first-order chi connectivity index (χ1) is 15.8. The van der Waals surface area contributed by atoms with Crippen LogP contribution in [-0.4, -0.2) is 34.0 Å². The summed E-state index contributed by atoms with van der Waals surface area (Å²) in [7, 11) is 0. The van der Waals surface area contributed by atoms with Gasteiger partial charge in [-0.05, 0) is 41.3 Å². The van der Waals surface area contributed by atoms with Crippen LogP contribution in [-0.2, 0) is 35.4 Å². The number of carboxylic acid groups (broad SMARTS) is 1. The van der Waals surface area contributed by atoms with Crippen LogP contribution in [0.3, 0.4) is 0 Å². The summed E-state index contributed by atoms with van der Waals surface area (Å²) in [4.78, 5) is 25.6. The molecule has 170 valence electrons. The lowest BCUT2D eigenvalue weighted by Gasteiger charge is -2.24. The van der Waals surface area contributed by atoms with Gasteiger partial charge in [0.1, 0.15) is 23.7 Å². The van der Waals surface area contributed by atoms with Crippen LogP contribution in [0.25, 0.3) is 0 Å². The van der Waals surface area contributed by atoms with Crippen LogP contribution in [0, 0.1) is 5.82 Å². The Bertz CT molecular complexity index is 1160. The second-order valence-electron chi connectivity index (χ2n) is 8.74. The molecule has 0 bridgehead atoms. The van der Waals surface area contributed by atoms with Crippen LogP contribution >= 0.6 is 0 Å². The van der Waals surface area contributed by atoms with Crippen LogP contribution in [0.4, 0.5) is 4.39 Å². The number of hydrogen-bond acceptors (Lipinski definition) is 3. The second-order valence-corrected chi connectivity index (χ2v) is 8.74. The summed E-state index contributed by atoms with van der Waals surface area (Å²) in [5.74, 6) is -0.821. The van der Waals surface area contributed by atoms with Gasteiger partial charge in [-0.3, -0.25) is 9.59 Å². The molecule has 1 aliphatic heterocycles. The molecule has 1 amide bonds. The van der Waals surface area contributed by atoms with Gasteiger partial charge < -0.3 is 14.7 Å². The number of carbonyl (C=O) groups excluding carboxylic acids is 1. The van der Waals surface area contributed by atoms with Crippen molar-refractivity contribution in [3.63, 3.8) is 0 Å². The number of hydrogen-bond donors (Lipinski definition) is 1. The van der Waals surface area contributed by atoms with Gasteiger partial charge in [0.2, 0.25) is 5.91 Å². The van der Waals surface area contributed by atoms with E-state index in [2.05, 4.69) is 0 Å². The molecule has 0 unspecified atom stereocenters. The Balaban J connectivity index is 1.46. The summed E-state index contributed by atoms with van der Waals surface area (Å²) < 4.78 is 20.3. The van der Waals surface area contributed by atoms with Gasteiger partial charge in [-0.15, -0.1) is 0 Å². The molecule has 0 saturated heterocycles. The largest absolute Gasteiger partial charge is 0.487 e. The van der Waals surface area contributed by atoms with Crippen LogP contribution < -0.4 is 4.74 Å². The third-order valence-corrected chi connectivity index (χ3v) is 5.82. The number of carbonyl (C=O) groups is 2. The second kappa shape index (κ2) is 9.45. The number of amides is 1. The highest BCUT2D eigenvalue weighted by Crippen LogP contribution is 2.38. The van der Waals surface area contributed by atoms with Gasteiger partial charge in [-0.2, -0.15) is 0 Å². The predicted molar refractivity (Wildman–Crippen MR) is 122 cm³/mol. The number of rotatable bonds is 8.